The summed E-state index contributed by atoms with van der Waals surface area (Å²) in [7, 11) is 2.09. The normalized spacial score (nSPS) is 17.1. The van der Waals surface area contributed by atoms with Crippen molar-refractivity contribution in [3.05, 3.63) is 35.3 Å². The van der Waals surface area contributed by atoms with E-state index in [1.807, 2.05) is 24.0 Å². The molecule has 1 saturated heterocycles. The van der Waals surface area contributed by atoms with Gasteiger partial charge in [-0.25, -0.2) is 9.78 Å². The van der Waals surface area contributed by atoms with E-state index in [9.17, 15) is 9.59 Å². The number of anilines is 2. The highest BCUT2D eigenvalue weighted by Gasteiger charge is 2.29. The lowest BCUT2D eigenvalue weighted by atomic mass is 10.2. The second kappa shape index (κ2) is 8.77. The molecule has 1 N–H and O–H groups in total. The van der Waals surface area contributed by atoms with Crippen LogP contribution in [0.5, 0.6) is 0 Å². The van der Waals surface area contributed by atoms with Crippen molar-refractivity contribution >= 4 is 47.4 Å². The summed E-state index contributed by atoms with van der Waals surface area (Å²) >= 11 is 1.47. The third-order valence-electron chi connectivity index (χ3n) is 5.28. The van der Waals surface area contributed by atoms with Crippen LogP contribution in [0.4, 0.5) is 15.6 Å². The summed E-state index contributed by atoms with van der Waals surface area (Å²) in [4.78, 5) is 34.9. The first-order chi connectivity index (χ1) is 14.1. The number of carbonyl (C=O) groups is 2. The van der Waals surface area contributed by atoms with E-state index in [0.717, 1.165) is 10.8 Å². The molecule has 0 spiro atoms. The van der Waals surface area contributed by atoms with E-state index in [1.165, 1.54) is 21.4 Å². The molecule has 0 aliphatic carbocycles. The maximum absolute atomic E-state index is 12.8. The number of nitrogens with zero attached hydrogens (tertiary/aromatic N) is 4. The zero-order valence-electron chi connectivity index (χ0n) is 18.6. The number of rotatable bonds is 4. The molecule has 0 radical (unpaired) electrons. The van der Waals surface area contributed by atoms with Gasteiger partial charge in [0.1, 0.15) is 5.69 Å². The number of aromatic nitrogens is 1. The van der Waals surface area contributed by atoms with E-state index in [2.05, 4.69) is 47.0 Å². The van der Waals surface area contributed by atoms with Crippen molar-refractivity contribution in [2.45, 2.75) is 32.6 Å². The molecule has 1 aromatic carbocycles. The Morgan fingerprint density at radius 3 is 2.40 bits per heavy atom. The number of hydrogen-bond acceptors (Lipinski definition) is 5. The Bertz CT molecular complexity index is 907. The fourth-order valence-electron chi connectivity index (χ4n) is 3.42. The van der Waals surface area contributed by atoms with Crippen molar-refractivity contribution in [1.29, 1.82) is 0 Å². The van der Waals surface area contributed by atoms with E-state index >= 15 is 0 Å². The van der Waals surface area contributed by atoms with Crippen molar-refractivity contribution < 1.29 is 9.59 Å². The molecule has 162 valence electrons. The largest absolute Gasteiger partial charge is 0.344 e. The summed E-state index contributed by atoms with van der Waals surface area (Å²) in [5, 5.41) is 7.03. The number of urea groups is 1. The number of thiazole rings is 1. The van der Waals surface area contributed by atoms with Crippen molar-refractivity contribution in [3.63, 3.8) is 0 Å². The van der Waals surface area contributed by atoms with Gasteiger partial charge in [-0.2, -0.15) is 0 Å². The summed E-state index contributed by atoms with van der Waals surface area (Å²) < 4.78 is 0. The lowest BCUT2D eigenvalue weighted by molar-refractivity contribution is 0.0823. The molecule has 1 unspecified atom stereocenters. The van der Waals surface area contributed by atoms with Gasteiger partial charge in [0, 0.05) is 50.8 Å². The summed E-state index contributed by atoms with van der Waals surface area (Å²) in [6.45, 7) is 11.0. The molecule has 7 nitrogen and oxygen atoms in total. The van der Waals surface area contributed by atoms with Crippen LogP contribution in [0.2, 0.25) is 19.6 Å². The molecule has 30 heavy (non-hydrogen) atoms. The highest BCUT2D eigenvalue weighted by atomic mass is 32.1. The van der Waals surface area contributed by atoms with E-state index in [4.69, 9.17) is 0 Å². The van der Waals surface area contributed by atoms with Gasteiger partial charge in [-0.3, -0.25) is 4.79 Å². The fraction of sp³-hybridized carbons (Fsp3) is 0.476. The first-order valence-corrected chi connectivity index (χ1v) is 14.5. The predicted molar refractivity (Wildman–Crippen MR) is 127 cm³/mol. The Labute approximate surface area is 183 Å². The number of benzene rings is 1. The van der Waals surface area contributed by atoms with Crippen LogP contribution in [-0.4, -0.2) is 74.6 Å². The first-order valence-electron chi connectivity index (χ1n) is 10.2. The minimum absolute atomic E-state index is 0.0388. The molecule has 9 heteroatoms. The summed E-state index contributed by atoms with van der Waals surface area (Å²) in [5.41, 5.74) is 1.29. The monoisotopic (exact) mass is 445 g/mol. The van der Waals surface area contributed by atoms with Gasteiger partial charge >= 0.3 is 6.03 Å². The van der Waals surface area contributed by atoms with E-state index in [0.29, 0.717) is 25.3 Å². The maximum Gasteiger partial charge on any atom is 0.322 e. The van der Waals surface area contributed by atoms with Gasteiger partial charge in [-0.15, -0.1) is 11.3 Å². The molecule has 1 fully saturated rings. The van der Waals surface area contributed by atoms with E-state index in [1.54, 1.807) is 19.5 Å². The zero-order valence-corrected chi connectivity index (χ0v) is 20.4. The van der Waals surface area contributed by atoms with Crippen LogP contribution in [0.3, 0.4) is 0 Å². The summed E-state index contributed by atoms with van der Waals surface area (Å²) in [6.07, 6.45) is 0. The average molecular weight is 446 g/mol. The molecule has 2 heterocycles. The maximum atomic E-state index is 12.8. The lowest BCUT2D eigenvalue weighted by Crippen LogP contribution is -2.55. The van der Waals surface area contributed by atoms with Crippen LogP contribution in [0.25, 0.3) is 0 Å². The van der Waals surface area contributed by atoms with Crippen molar-refractivity contribution in [1.82, 2.24) is 14.8 Å². The van der Waals surface area contributed by atoms with Crippen LogP contribution in [0, 0.1) is 0 Å². The van der Waals surface area contributed by atoms with Crippen LogP contribution in [-0.2, 0) is 0 Å². The zero-order chi connectivity index (χ0) is 22.1. The number of carbonyl (C=O) groups excluding carboxylic acids is 2. The molecular formula is C21H31N5O2SSi. The van der Waals surface area contributed by atoms with E-state index in [-0.39, 0.29) is 18.0 Å². The van der Waals surface area contributed by atoms with Crippen molar-refractivity contribution in [2.75, 3.05) is 43.9 Å². The topological polar surface area (TPSA) is 68.8 Å². The number of piperazine rings is 1. The second-order valence-electron chi connectivity index (χ2n) is 8.96. The number of nitrogens with one attached hydrogen (secondary N) is 1. The molecule has 3 rings (SSSR count). The molecule has 1 atom stereocenters. The molecule has 1 aliphatic rings. The summed E-state index contributed by atoms with van der Waals surface area (Å²) in [5.74, 6) is -0.0938. The second-order valence-corrected chi connectivity index (χ2v) is 14.9. The third-order valence-corrected chi connectivity index (χ3v) is 8.25. The van der Waals surface area contributed by atoms with Crippen LogP contribution in [0.1, 0.15) is 17.4 Å². The lowest BCUT2D eigenvalue weighted by Gasteiger charge is -2.39. The van der Waals surface area contributed by atoms with E-state index < -0.39 is 8.07 Å². The molecule has 2 aromatic rings. The minimum atomic E-state index is -1.35. The first kappa shape index (κ1) is 22.3. The Morgan fingerprint density at radius 1 is 1.17 bits per heavy atom. The van der Waals surface area contributed by atoms with Crippen LogP contribution in [0.15, 0.2) is 29.6 Å². The smallest absolute Gasteiger partial charge is 0.322 e. The molecule has 0 bridgehead atoms. The van der Waals surface area contributed by atoms with Gasteiger partial charge in [-0.05, 0) is 19.1 Å². The van der Waals surface area contributed by atoms with Crippen molar-refractivity contribution in [2.24, 2.45) is 0 Å². The predicted octanol–water partition coefficient (Wildman–Crippen LogP) is 3.13. The molecule has 1 aromatic heterocycles. The van der Waals surface area contributed by atoms with Gasteiger partial charge < -0.3 is 20.0 Å². The van der Waals surface area contributed by atoms with Gasteiger partial charge in [0.15, 0.2) is 5.13 Å². The summed E-state index contributed by atoms with van der Waals surface area (Å²) in [6, 6.07) is 8.19. The highest BCUT2D eigenvalue weighted by Crippen LogP contribution is 2.24. The van der Waals surface area contributed by atoms with Crippen molar-refractivity contribution in [3.8, 4) is 0 Å². The average Bonchev–Trinajstić information content (AvgIpc) is 3.17. The Kier molecular flexibility index (Phi) is 6.52. The third kappa shape index (κ3) is 5.01. The van der Waals surface area contributed by atoms with Crippen LogP contribution < -0.4 is 15.4 Å². The van der Waals surface area contributed by atoms with Gasteiger partial charge in [0.25, 0.3) is 5.91 Å². The minimum Gasteiger partial charge on any atom is -0.344 e. The van der Waals surface area contributed by atoms with Gasteiger partial charge in [-0.1, -0.05) is 37.0 Å². The number of hydrogen-bond donors (Lipinski definition) is 1. The quantitative estimate of drug-likeness (QED) is 0.734. The standard InChI is InChI=1S/C21H31N5O2SSi/c1-15-13-25(21-23-18(14-29-21)19(27)24(2)3)11-12-26(15)20(28)22-16-7-9-17(10-8-16)30(4,5)6/h7-10,14-15H,11-13H2,1-6H3,(H,22,28). The molecule has 3 amide bonds. The molecular weight excluding hydrogens is 414 g/mol. The highest BCUT2D eigenvalue weighted by molar-refractivity contribution is 7.13. The van der Waals surface area contributed by atoms with Gasteiger partial charge in [0.05, 0.1) is 8.07 Å². The Hall–Kier alpha value is -2.39. The van der Waals surface area contributed by atoms with Crippen LogP contribution >= 0.6 is 11.3 Å². The SMILES string of the molecule is CC1CN(c2nc(C(=O)N(C)C)cs2)CCN1C(=O)Nc1ccc([Si](C)(C)C)cc1. The molecule has 1 aliphatic heterocycles. The fourth-order valence-corrected chi connectivity index (χ4v) is 5.42. The molecule has 0 saturated carbocycles. The van der Waals surface area contributed by atoms with Gasteiger partial charge in [0.2, 0.25) is 0 Å². The Morgan fingerprint density at radius 2 is 1.83 bits per heavy atom. The Balaban J connectivity index is 1.60. The number of amides is 3.